The van der Waals surface area contributed by atoms with E-state index in [1.165, 1.54) is 7.11 Å². The van der Waals surface area contributed by atoms with E-state index in [4.69, 9.17) is 14.2 Å². The third-order valence-corrected chi connectivity index (χ3v) is 4.23. The molecule has 2 aromatic carbocycles. The Hall–Kier alpha value is -3.60. The molecule has 0 unspecified atom stereocenters. The van der Waals surface area contributed by atoms with Gasteiger partial charge >= 0.3 is 5.97 Å². The SMILES string of the molecule is COc1cc(/C=C/c2ccccn2)ccc1OC(=O)COc1cc(C)ccc1C. The van der Waals surface area contributed by atoms with Crippen molar-refractivity contribution < 1.29 is 19.0 Å². The summed E-state index contributed by atoms with van der Waals surface area (Å²) in [5.41, 5.74) is 3.78. The molecular formula is C24H23NO4. The van der Waals surface area contributed by atoms with E-state index in [9.17, 15) is 4.79 Å². The summed E-state index contributed by atoms with van der Waals surface area (Å²) in [6.07, 6.45) is 5.56. The molecular weight excluding hydrogens is 366 g/mol. The average Bonchev–Trinajstić information content (AvgIpc) is 2.74. The summed E-state index contributed by atoms with van der Waals surface area (Å²) in [4.78, 5) is 16.5. The number of hydrogen-bond donors (Lipinski definition) is 0. The Balaban J connectivity index is 1.64. The maximum absolute atomic E-state index is 12.2. The number of aryl methyl sites for hydroxylation is 2. The molecule has 5 nitrogen and oxygen atoms in total. The molecule has 0 saturated heterocycles. The zero-order chi connectivity index (χ0) is 20.6. The minimum absolute atomic E-state index is 0.186. The van der Waals surface area contributed by atoms with E-state index in [0.29, 0.717) is 17.2 Å². The molecule has 0 saturated carbocycles. The molecule has 0 radical (unpaired) electrons. The minimum atomic E-state index is -0.499. The lowest BCUT2D eigenvalue weighted by atomic mass is 10.1. The highest BCUT2D eigenvalue weighted by Crippen LogP contribution is 2.29. The molecule has 0 amide bonds. The number of methoxy groups -OCH3 is 1. The van der Waals surface area contributed by atoms with Crippen LogP contribution in [0.5, 0.6) is 17.2 Å². The highest BCUT2D eigenvalue weighted by Gasteiger charge is 2.12. The standard InChI is InChI=1S/C24H23NO4/c1-17-7-8-18(2)22(14-17)28-16-24(26)29-21-12-10-19(15-23(21)27-3)9-11-20-6-4-5-13-25-20/h4-15H,16H2,1-3H3/b11-9+. The molecule has 0 N–H and O–H groups in total. The summed E-state index contributed by atoms with van der Waals surface area (Å²) in [6.45, 7) is 3.72. The van der Waals surface area contributed by atoms with Gasteiger partial charge in [-0.3, -0.25) is 4.98 Å². The van der Waals surface area contributed by atoms with E-state index in [0.717, 1.165) is 22.4 Å². The Labute approximate surface area is 170 Å². The van der Waals surface area contributed by atoms with Crippen molar-refractivity contribution in [1.29, 1.82) is 0 Å². The van der Waals surface area contributed by atoms with Gasteiger partial charge in [-0.25, -0.2) is 4.79 Å². The van der Waals surface area contributed by atoms with Crippen molar-refractivity contribution in [2.24, 2.45) is 0 Å². The van der Waals surface area contributed by atoms with Gasteiger partial charge in [0.25, 0.3) is 0 Å². The van der Waals surface area contributed by atoms with Gasteiger partial charge in [0.15, 0.2) is 18.1 Å². The van der Waals surface area contributed by atoms with Gasteiger partial charge in [0.05, 0.1) is 12.8 Å². The first-order chi connectivity index (χ1) is 14.0. The lowest BCUT2D eigenvalue weighted by molar-refractivity contribution is -0.136. The summed E-state index contributed by atoms with van der Waals surface area (Å²) < 4.78 is 16.4. The van der Waals surface area contributed by atoms with Crippen LogP contribution in [0.15, 0.2) is 60.8 Å². The van der Waals surface area contributed by atoms with Crippen molar-refractivity contribution in [3.63, 3.8) is 0 Å². The number of carbonyl (C=O) groups excluding carboxylic acids is 1. The third kappa shape index (κ3) is 5.69. The van der Waals surface area contributed by atoms with Crippen molar-refractivity contribution >= 4 is 18.1 Å². The quantitative estimate of drug-likeness (QED) is 0.427. The van der Waals surface area contributed by atoms with E-state index in [-0.39, 0.29) is 6.61 Å². The van der Waals surface area contributed by atoms with Crippen molar-refractivity contribution in [3.8, 4) is 17.2 Å². The molecule has 3 aromatic rings. The molecule has 0 aliphatic carbocycles. The first kappa shape index (κ1) is 20.1. The Bertz CT molecular complexity index is 1010. The van der Waals surface area contributed by atoms with Crippen LogP contribution in [0.1, 0.15) is 22.4 Å². The van der Waals surface area contributed by atoms with Crippen LogP contribution in [0.2, 0.25) is 0 Å². The maximum atomic E-state index is 12.2. The van der Waals surface area contributed by atoms with E-state index in [2.05, 4.69) is 4.98 Å². The highest BCUT2D eigenvalue weighted by atomic mass is 16.6. The van der Waals surface area contributed by atoms with E-state index in [1.807, 2.05) is 68.5 Å². The molecule has 0 aliphatic heterocycles. The van der Waals surface area contributed by atoms with Gasteiger partial charge in [0.2, 0.25) is 0 Å². The fourth-order valence-electron chi connectivity index (χ4n) is 2.68. The smallest absolute Gasteiger partial charge is 0.349 e. The highest BCUT2D eigenvalue weighted by molar-refractivity contribution is 5.76. The van der Waals surface area contributed by atoms with E-state index >= 15 is 0 Å². The minimum Gasteiger partial charge on any atom is -0.493 e. The fourth-order valence-corrected chi connectivity index (χ4v) is 2.68. The predicted octanol–water partition coefficient (Wildman–Crippen LogP) is 4.86. The number of hydrogen-bond acceptors (Lipinski definition) is 5. The number of nitrogens with zero attached hydrogens (tertiary/aromatic N) is 1. The second-order valence-corrected chi connectivity index (χ2v) is 6.53. The molecule has 0 aliphatic rings. The molecule has 3 rings (SSSR count). The van der Waals surface area contributed by atoms with Crippen molar-refractivity contribution in [2.75, 3.05) is 13.7 Å². The molecule has 5 heteroatoms. The average molecular weight is 389 g/mol. The summed E-state index contributed by atoms with van der Waals surface area (Å²) in [5, 5.41) is 0. The largest absolute Gasteiger partial charge is 0.493 e. The van der Waals surface area contributed by atoms with Gasteiger partial charge in [-0.15, -0.1) is 0 Å². The van der Waals surface area contributed by atoms with Gasteiger partial charge in [0, 0.05) is 6.20 Å². The molecule has 1 aromatic heterocycles. The Morgan fingerprint density at radius 1 is 0.966 bits per heavy atom. The zero-order valence-corrected chi connectivity index (χ0v) is 16.7. The molecule has 1 heterocycles. The Kier molecular flexibility index (Phi) is 6.63. The molecule has 0 bridgehead atoms. The van der Waals surface area contributed by atoms with Crippen molar-refractivity contribution in [1.82, 2.24) is 4.98 Å². The summed E-state index contributed by atoms with van der Waals surface area (Å²) >= 11 is 0. The topological polar surface area (TPSA) is 57.7 Å². The zero-order valence-electron chi connectivity index (χ0n) is 16.7. The van der Waals surface area contributed by atoms with Crippen molar-refractivity contribution in [2.45, 2.75) is 13.8 Å². The second kappa shape index (κ2) is 9.55. The van der Waals surface area contributed by atoms with Gasteiger partial charge in [-0.1, -0.05) is 30.3 Å². The Morgan fingerprint density at radius 2 is 1.83 bits per heavy atom. The number of carbonyl (C=O) groups is 1. The molecule has 29 heavy (non-hydrogen) atoms. The number of ether oxygens (including phenoxy) is 3. The van der Waals surface area contributed by atoms with E-state index < -0.39 is 5.97 Å². The number of benzene rings is 2. The summed E-state index contributed by atoms with van der Waals surface area (Å²) in [6, 6.07) is 16.9. The lowest BCUT2D eigenvalue weighted by Crippen LogP contribution is -2.18. The molecule has 0 fully saturated rings. The van der Waals surface area contributed by atoms with Crippen molar-refractivity contribution in [3.05, 3.63) is 83.2 Å². The third-order valence-electron chi connectivity index (χ3n) is 4.23. The first-order valence-electron chi connectivity index (χ1n) is 9.23. The number of pyridine rings is 1. The van der Waals surface area contributed by atoms with E-state index in [1.54, 1.807) is 18.3 Å². The van der Waals surface area contributed by atoms with Gasteiger partial charge in [0.1, 0.15) is 5.75 Å². The number of esters is 1. The van der Waals surface area contributed by atoms with Crippen LogP contribution >= 0.6 is 0 Å². The summed E-state index contributed by atoms with van der Waals surface area (Å²) in [5.74, 6) is 0.982. The van der Waals surface area contributed by atoms with Crippen LogP contribution in [0.3, 0.4) is 0 Å². The molecule has 0 atom stereocenters. The van der Waals surface area contributed by atoms with Crippen LogP contribution in [-0.4, -0.2) is 24.7 Å². The van der Waals surface area contributed by atoms with Crippen LogP contribution in [-0.2, 0) is 4.79 Å². The van der Waals surface area contributed by atoms with Crippen LogP contribution in [0.4, 0.5) is 0 Å². The summed E-state index contributed by atoms with van der Waals surface area (Å²) in [7, 11) is 1.53. The van der Waals surface area contributed by atoms with Gasteiger partial charge in [-0.2, -0.15) is 0 Å². The van der Waals surface area contributed by atoms with Crippen LogP contribution in [0, 0.1) is 13.8 Å². The second-order valence-electron chi connectivity index (χ2n) is 6.53. The molecule has 148 valence electrons. The number of aromatic nitrogens is 1. The van der Waals surface area contributed by atoms with Gasteiger partial charge in [-0.05, 0) is 66.9 Å². The normalized spacial score (nSPS) is 10.7. The maximum Gasteiger partial charge on any atom is 0.349 e. The van der Waals surface area contributed by atoms with Gasteiger partial charge < -0.3 is 14.2 Å². The molecule has 0 spiro atoms. The Morgan fingerprint density at radius 3 is 2.59 bits per heavy atom. The fraction of sp³-hybridized carbons (Fsp3) is 0.167. The number of rotatable bonds is 7. The first-order valence-corrected chi connectivity index (χ1v) is 9.23. The monoisotopic (exact) mass is 389 g/mol. The van der Waals surface area contributed by atoms with Crippen LogP contribution in [0.25, 0.3) is 12.2 Å². The van der Waals surface area contributed by atoms with Crippen LogP contribution < -0.4 is 14.2 Å². The predicted molar refractivity (Wildman–Crippen MR) is 113 cm³/mol. The lowest BCUT2D eigenvalue weighted by Gasteiger charge is -2.12.